The number of ether oxygens (including phenoxy) is 2. The monoisotopic (exact) mass is 403 g/mol. The van der Waals surface area contributed by atoms with Crippen molar-refractivity contribution in [2.75, 3.05) is 25.2 Å². The molecule has 0 radical (unpaired) electrons. The largest absolute Gasteiger partial charge is 0.496 e. The molecule has 0 aliphatic carbocycles. The lowest BCUT2D eigenvalue weighted by molar-refractivity contribution is -0.123. The number of hydrogen-bond donors (Lipinski definition) is 1. The van der Waals surface area contributed by atoms with Crippen LogP contribution in [0.1, 0.15) is 35.1 Å². The number of hydrogen-bond acceptors (Lipinski definition) is 5. The van der Waals surface area contributed by atoms with Crippen molar-refractivity contribution in [2.24, 2.45) is 0 Å². The van der Waals surface area contributed by atoms with Crippen LogP contribution < -0.4 is 14.8 Å². The maximum atomic E-state index is 12.2. The zero-order valence-corrected chi connectivity index (χ0v) is 17.3. The van der Waals surface area contributed by atoms with Crippen LogP contribution in [0.2, 0.25) is 0 Å². The molecule has 4 nitrogen and oxygen atoms in total. The third-order valence-corrected chi connectivity index (χ3v) is 7.35. The fourth-order valence-electron chi connectivity index (χ4n) is 2.94. The summed E-state index contributed by atoms with van der Waals surface area (Å²) in [5.74, 6) is 3.77. The van der Waals surface area contributed by atoms with Gasteiger partial charge < -0.3 is 14.8 Å². The van der Waals surface area contributed by atoms with Crippen molar-refractivity contribution in [1.29, 1.82) is 0 Å². The third-order valence-electron chi connectivity index (χ3n) is 4.33. The van der Waals surface area contributed by atoms with Crippen molar-refractivity contribution in [3.63, 3.8) is 0 Å². The van der Waals surface area contributed by atoms with Gasteiger partial charge in [-0.25, -0.2) is 0 Å². The number of methoxy groups -OCH3 is 1. The number of thioether (sulfide) groups is 2. The molecule has 1 aliphatic heterocycles. The average molecular weight is 404 g/mol. The number of para-hydroxylation sites is 1. The number of carbonyl (C=O) groups is 1. The molecule has 1 amide bonds. The van der Waals surface area contributed by atoms with Gasteiger partial charge in [0.25, 0.3) is 5.91 Å². The van der Waals surface area contributed by atoms with Gasteiger partial charge in [-0.05, 0) is 48.6 Å². The first kappa shape index (κ1) is 20.0. The first-order valence-corrected chi connectivity index (χ1v) is 11.2. The zero-order chi connectivity index (χ0) is 19.1. The van der Waals surface area contributed by atoms with Gasteiger partial charge in [0, 0.05) is 5.56 Å². The van der Waals surface area contributed by atoms with E-state index >= 15 is 0 Å². The normalized spacial score (nSPS) is 15.8. The quantitative estimate of drug-likeness (QED) is 0.718. The van der Waals surface area contributed by atoms with Gasteiger partial charge in [0.15, 0.2) is 6.61 Å². The van der Waals surface area contributed by atoms with E-state index in [4.69, 9.17) is 9.47 Å². The smallest absolute Gasteiger partial charge is 0.258 e. The molecule has 0 bridgehead atoms. The molecular weight excluding hydrogens is 378 g/mol. The Balaban J connectivity index is 1.50. The number of benzene rings is 2. The fraction of sp³-hybridized carbons (Fsp3) is 0.381. The van der Waals surface area contributed by atoms with Crippen molar-refractivity contribution >= 4 is 29.4 Å². The van der Waals surface area contributed by atoms with E-state index in [1.807, 2.05) is 66.8 Å². The first-order valence-electron chi connectivity index (χ1n) is 9.05. The van der Waals surface area contributed by atoms with E-state index in [1.165, 1.54) is 23.5 Å². The van der Waals surface area contributed by atoms with Gasteiger partial charge >= 0.3 is 0 Å². The molecule has 6 heteroatoms. The summed E-state index contributed by atoms with van der Waals surface area (Å²) in [4.78, 5) is 12.2. The van der Waals surface area contributed by atoms with Crippen molar-refractivity contribution in [3.8, 4) is 11.5 Å². The van der Waals surface area contributed by atoms with Crippen molar-refractivity contribution in [2.45, 2.75) is 24.0 Å². The van der Waals surface area contributed by atoms with Gasteiger partial charge in [-0.1, -0.05) is 30.3 Å². The molecule has 0 saturated carbocycles. The number of carbonyl (C=O) groups excluding carboxylic acids is 1. The Kier molecular flexibility index (Phi) is 7.35. The van der Waals surface area contributed by atoms with Crippen LogP contribution in [0.5, 0.6) is 11.5 Å². The van der Waals surface area contributed by atoms with Crippen LogP contribution in [0.15, 0.2) is 48.5 Å². The van der Waals surface area contributed by atoms with Crippen LogP contribution in [-0.2, 0) is 4.79 Å². The summed E-state index contributed by atoms with van der Waals surface area (Å²) >= 11 is 3.99. The molecule has 1 heterocycles. The summed E-state index contributed by atoms with van der Waals surface area (Å²) in [6, 6.07) is 15.6. The SMILES string of the molecule is COc1ccccc1[C@H](C)NC(=O)COc1ccc(C2SCCCS2)cc1. The molecule has 0 unspecified atom stereocenters. The van der Waals surface area contributed by atoms with E-state index in [9.17, 15) is 4.79 Å². The van der Waals surface area contributed by atoms with E-state index in [1.54, 1.807) is 7.11 Å². The maximum absolute atomic E-state index is 12.2. The molecule has 3 rings (SSSR count). The number of nitrogens with one attached hydrogen (secondary N) is 1. The summed E-state index contributed by atoms with van der Waals surface area (Å²) in [6.07, 6.45) is 1.29. The highest BCUT2D eigenvalue weighted by atomic mass is 32.2. The fourth-order valence-corrected chi connectivity index (χ4v) is 5.83. The van der Waals surface area contributed by atoms with Gasteiger partial charge in [-0.15, -0.1) is 23.5 Å². The molecule has 1 saturated heterocycles. The predicted molar refractivity (Wildman–Crippen MR) is 114 cm³/mol. The maximum Gasteiger partial charge on any atom is 0.258 e. The Morgan fingerprint density at radius 3 is 2.56 bits per heavy atom. The highest BCUT2D eigenvalue weighted by Gasteiger charge is 2.17. The second-order valence-electron chi connectivity index (χ2n) is 6.32. The van der Waals surface area contributed by atoms with Crippen LogP contribution in [0.4, 0.5) is 0 Å². The minimum atomic E-state index is -0.157. The van der Waals surface area contributed by atoms with Crippen LogP contribution in [0.25, 0.3) is 0 Å². The third kappa shape index (κ3) is 5.59. The minimum Gasteiger partial charge on any atom is -0.496 e. The second kappa shape index (κ2) is 9.95. The summed E-state index contributed by atoms with van der Waals surface area (Å²) in [5, 5.41) is 2.95. The summed E-state index contributed by atoms with van der Waals surface area (Å²) in [6.45, 7) is 1.93. The Hall–Kier alpha value is -1.79. The van der Waals surface area contributed by atoms with E-state index in [2.05, 4.69) is 17.4 Å². The second-order valence-corrected chi connectivity index (χ2v) is 9.04. The summed E-state index contributed by atoms with van der Waals surface area (Å²) in [5.41, 5.74) is 2.26. The summed E-state index contributed by atoms with van der Waals surface area (Å²) < 4.78 is 11.5. The lowest BCUT2D eigenvalue weighted by Gasteiger charge is -2.21. The van der Waals surface area contributed by atoms with E-state index in [0.29, 0.717) is 10.3 Å². The zero-order valence-electron chi connectivity index (χ0n) is 15.6. The van der Waals surface area contributed by atoms with Gasteiger partial charge in [-0.3, -0.25) is 4.79 Å². The lowest BCUT2D eigenvalue weighted by atomic mass is 10.1. The van der Waals surface area contributed by atoms with Gasteiger partial charge in [0.05, 0.1) is 17.7 Å². The van der Waals surface area contributed by atoms with E-state index in [-0.39, 0.29) is 18.6 Å². The van der Waals surface area contributed by atoms with Gasteiger partial charge in [0.2, 0.25) is 0 Å². The molecule has 27 heavy (non-hydrogen) atoms. The van der Waals surface area contributed by atoms with Crippen LogP contribution in [-0.4, -0.2) is 31.1 Å². The average Bonchev–Trinajstić information content (AvgIpc) is 2.73. The molecule has 0 spiro atoms. The van der Waals surface area contributed by atoms with Crippen LogP contribution >= 0.6 is 23.5 Å². The Bertz CT molecular complexity index is 745. The highest BCUT2D eigenvalue weighted by Crippen LogP contribution is 2.43. The van der Waals surface area contributed by atoms with Crippen molar-refractivity contribution < 1.29 is 14.3 Å². The highest BCUT2D eigenvalue weighted by molar-refractivity contribution is 8.16. The standard InChI is InChI=1S/C21H25NO3S2/c1-15(18-6-3-4-7-19(18)24-2)22-20(23)14-25-17-10-8-16(9-11-17)21-26-12-5-13-27-21/h3-4,6-11,15,21H,5,12-14H2,1-2H3,(H,22,23)/t15-/m0/s1. The summed E-state index contributed by atoms with van der Waals surface area (Å²) in [7, 11) is 1.63. The molecule has 1 aliphatic rings. The Morgan fingerprint density at radius 2 is 1.85 bits per heavy atom. The Morgan fingerprint density at radius 1 is 1.15 bits per heavy atom. The first-order chi connectivity index (χ1) is 13.2. The predicted octanol–water partition coefficient (Wildman–Crippen LogP) is 4.82. The lowest BCUT2D eigenvalue weighted by Crippen LogP contribution is -2.31. The van der Waals surface area contributed by atoms with Crippen molar-refractivity contribution in [3.05, 3.63) is 59.7 Å². The topological polar surface area (TPSA) is 47.6 Å². The van der Waals surface area contributed by atoms with Crippen LogP contribution in [0, 0.1) is 0 Å². The molecule has 144 valence electrons. The van der Waals surface area contributed by atoms with Crippen molar-refractivity contribution in [1.82, 2.24) is 5.32 Å². The minimum absolute atomic E-state index is 0.00817. The van der Waals surface area contributed by atoms with Gasteiger partial charge in [-0.2, -0.15) is 0 Å². The molecule has 1 N–H and O–H groups in total. The van der Waals surface area contributed by atoms with E-state index < -0.39 is 0 Å². The molecular formula is C21H25NO3S2. The van der Waals surface area contributed by atoms with E-state index in [0.717, 1.165) is 11.3 Å². The molecule has 2 aromatic carbocycles. The molecule has 1 fully saturated rings. The molecule has 0 aromatic heterocycles. The van der Waals surface area contributed by atoms with Gasteiger partial charge in [0.1, 0.15) is 11.5 Å². The number of rotatable bonds is 7. The molecule has 2 aromatic rings. The Labute approximate surface area is 169 Å². The number of amides is 1. The molecule has 1 atom stereocenters. The van der Waals surface area contributed by atoms with Crippen LogP contribution in [0.3, 0.4) is 0 Å².